The van der Waals surface area contributed by atoms with Gasteiger partial charge in [0.25, 0.3) is 0 Å². The molecular weight excluding hydrogens is 344 g/mol. The zero-order chi connectivity index (χ0) is 20.3. The predicted molar refractivity (Wildman–Crippen MR) is 118 cm³/mol. The number of rotatable bonds is 6. The molecule has 0 radical (unpaired) electrons. The quantitative estimate of drug-likeness (QED) is 0.559. The van der Waals surface area contributed by atoms with E-state index in [2.05, 4.69) is 39.5 Å². The first kappa shape index (κ1) is 21.8. The van der Waals surface area contributed by atoms with Crippen LogP contribution in [0.25, 0.3) is 0 Å². The third-order valence-corrected chi connectivity index (χ3v) is 8.22. The lowest BCUT2D eigenvalue weighted by molar-refractivity contribution is 0.0974. The van der Waals surface area contributed by atoms with E-state index in [9.17, 15) is 10.2 Å². The summed E-state index contributed by atoms with van der Waals surface area (Å²) in [6.07, 6.45) is 17.1. The molecular formula is C26H42O2. The van der Waals surface area contributed by atoms with Crippen LogP contribution in [0.4, 0.5) is 0 Å². The molecule has 3 aliphatic rings. The second-order valence-corrected chi connectivity index (χ2v) is 10.3. The van der Waals surface area contributed by atoms with E-state index in [0.29, 0.717) is 11.3 Å². The maximum absolute atomic E-state index is 10.1. The van der Waals surface area contributed by atoms with Gasteiger partial charge in [-0.05, 0) is 98.5 Å². The van der Waals surface area contributed by atoms with Crippen molar-refractivity contribution in [3.8, 4) is 0 Å². The average Bonchev–Trinajstić information content (AvgIpc) is 2.99. The van der Waals surface area contributed by atoms with E-state index >= 15 is 0 Å². The average molecular weight is 387 g/mol. The summed E-state index contributed by atoms with van der Waals surface area (Å²) in [6, 6.07) is 0. The summed E-state index contributed by atoms with van der Waals surface area (Å²) in [5.74, 6) is 1.90. The first-order chi connectivity index (χ1) is 13.3. The van der Waals surface area contributed by atoms with Gasteiger partial charge in [0.05, 0.1) is 12.2 Å². The third-order valence-electron chi connectivity index (χ3n) is 8.22. The second-order valence-electron chi connectivity index (χ2n) is 10.3. The Morgan fingerprint density at radius 3 is 2.68 bits per heavy atom. The van der Waals surface area contributed by atoms with Crippen molar-refractivity contribution in [2.24, 2.45) is 23.2 Å². The summed E-state index contributed by atoms with van der Waals surface area (Å²) in [4.78, 5) is 0. The van der Waals surface area contributed by atoms with Gasteiger partial charge in [0.2, 0.25) is 0 Å². The van der Waals surface area contributed by atoms with Gasteiger partial charge in [0.15, 0.2) is 0 Å². The van der Waals surface area contributed by atoms with Crippen LogP contribution in [-0.2, 0) is 0 Å². The monoisotopic (exact) mass is 386 g/mol. The van der Waals surface area contributed by atoms with Crippen LogP contribution in [0.2, 0.25) is 0 Å². The molecule has 3 aliphatic carbocycles. The number of hydrogen-bond donors (Lipinski definition) is 2. The van der Waals surface area contributed by atoms with E-state index in [1.165, 1.54) is 44.1 Å². The van der Waals surface area contributed by atoms with Gasteiger partial charge in [-0.15, -0.1) is 0 Å². The van der Waals surface area contributed by atoms with E-state index < -0.39 is 0 Å². The van der Waals surface area contributed by atoms with E-state index in [1.807, 2.05) is 0 Å². The van der Waals surface area contributed by atoms with Crippen molar-refractivity contribution >= 4 is 0 Å². The fraction of sp³-hybridized carbons (Fsp3) is 0.769. The van der Waals surface area contributed by atoms with Gasteiger partial charge in [0.1, 0.15) is 0 Å². The van der Waals surface area contributed by atoms with Crippen molar-refractivity contribution in [1.29, 1.82) is 0 Å². The number of fused-ring (bicyclic) bond motifs is 1. The SMILES string of the molecule is C=C1/C(=C\C=C2/CCC[C@]3(C)C(CCC[C@@H](O)C(C)C)CCC23)CCC[C@@H]1O. The molecule has 3 rings (SSSR count). The van der Waals surface area contributed by atoms with Gasteiger partial charge in [0, 0.05) is 0 Å². The Kier molecular flexibility index (Phi) is 7.26. The number of aliphatic hydroxyl groups is 2. The van der Waals surface area contributed by atoms with Crippen LogP contribution in [0, 0.1) is 23.2 Å². The fourth-order valence-electron chi connectivity index (χ4n) is 6.16. The summed E-state index contributed by atoms with van der Waals surface area (Å²) >= 11 is 0. The molecule has 2 heteroatoms. The molecule has 2 N–H and O–H groups in total. The first-order valence-electron chi connectivity index (χ1n) is 11.8. The van der Waals surface area contributed by atoms with Crippen LogP contribution in [0.1, 0.15) is 91.4 Å². The molecule has 0 saturated heterocycles. The Balaban J connectivity index is 1.65. The molecule has 2 unspecified atom stereocenters. The Hall–Kier alpha value is -0.860. The van der Waals surface area contributed by atoms with Crippen molar-refractivity contribution in [1.82, 2.24) is 0 Å². The van der Waals surface area contributed by atoms with Gasteiger partial charge >= 0.3 is 0 Å². The second kappa shape index (κ2) is 9.30. The maximum Gasteiger partial charge on any atom is 0.0787 e. The summed E-state index contributed by atoms with van der Waals surface area (Å²) in [5.41, 5.74) is 4.28. The fourth-order valence-corrected chi connectivity index (χ4v) is 6.16. The highest BCUT2D eigenvalue weighted by Crippen LogP contribution is 2.58. The minimum absolute atomic E-state index is 0.141. The molecule has 0 aromatic carbocycles. The van der Waals surface area contributed by atoms with E-state index in [-0.39, 0.29) is 12.2 Å². The summed E-state index contributed by atoms with van der Waals surface area (Å²) in [6.45, 7) is 10.9. The van der Waals surface area contributed by atoms with Crippen molar-refractivity contribution in [3.63, 3.8) is 0 Å². The van der Waals surface area contributed by atoms with Gasteiger partial charge in [-0.25, -0.2) is 0 Å². The minimum Gasteiger partial charge on any atom is -0.393 e. The molecule has 0 aromatic rings. The molecule has 0 aromatic heterocycles. The Morgan fingerprint density at radius 2 is 1.93 bits per heavy atom. The standard InChI is InChI=1S/C26H42O2/c1-18(2)24(27)11-6-10-22-15-16-23-21(9-7-17-26(22,23)4)14-13-20-8-5-12-25(28)19(20)3/h13-14,18,22-25,27-28H,3,5-12,15-17H2,1-2,4H3/b20-13-,21-14+/t22?,23?,24-,25+,26-/m1/s1. The van der Waals surface area contributed by atoms with Gasteiger partial charge in [-0.3, -0.25) is 0 Å². The lowest BCUT2D eigenvalue weighted by atomic mass is 9.62. The van der Waals surface area contributed by atoms with Gasteiger partial charge < -0.3 is 10.2 Å². The van der Waals surface area contributed by atoms with E-state index in [0.717, 1.165) is 49.5 Å². The van der Waals surface area contributed by atoms with Crippen LogP contribution >= 0.6 is 0 Å². The van der Waals surface area contributed by atoms with Crippen LogP contribution in [-0.4, -0.2) is 22.4 Å². The van der Waals surface area contributed by atoms with Crippen molar-refractivity contribution in [2.45, 2.75) is 104 Å². The highest BCUT2D eigenvalue weighted by molar-refractivity contribution is 5.37. The number of aliphatic hydroxyl groups excluding tert-OH is 2. The van der Waals surface area contributed by atoms with E-state index in [4.69, 9.17) is 0 Å². The van der Waals surface area contributed by atoms with Crippen LogP contribution in [0.15, 0.2) is 35.5 Å². The zero-order valence-electron chi connectivity index (χ0n) is 18.4. The Bertz CT molecular complexity index is 614. The van der Waals surface area contributed by atoms with Crippen molar-refractivity contribution in [2.75, 3.05) is 0 Å². The lowest BCUT2D eigenvalue weighted by Crippen LogP contribution is -2.33. The predicted octanol–water partition coefficient (Wildman–Crippen LogP) is 6.34. The molecule has 0 aliphatic heterocycles. The molecule has 28 heavy (non-hydrogen) atoms. The lowest BCUT2D eigenvalue weighted by Gasteiger charge is -2.42. The number of hydrogen-bond acceptors (Lipinski definition) is 2. The van der Waals surface area contributed by atoms with E-state index in [1.54, 1.807) is 5.57 Å². The van der Waals surface area contributed by atoms with Crippen molar-refractivity contribution in [3.05, 3.63) is 35.5 Å². The smallest absolute Gasteiger partial charge is 0.0787 e. The molecule has 0 heterocycles. The topological polar surface area (TPSA) is 40.5 Å². The zero-order valence-corrected chi connectivity index (χ0v) is 18.4. The normalized spacial score (nSPS) is 37.6. The van der Waals surface area contributed by atoms with Crippen LogP contribution in [0.3, 0.4) is 0 Å². The Morgan fingerprint density at radius 1 is 1.14 bits per heavy atom. The number of allylic oxidation sites excluding steroid dienone is 3. The van der Waals surface area contributed by atoms with Crippen LogP contribution in [0.5, 0.6) is 0 Å². The summed E-state index contributed by atoms with van der Waals surface area (Å²) in [7, 11) is 0. The highest BCUT2D eigenvalue weighted by Gasteiger charge is 2.48. The Labute approximate surface area is 172 Å². The molecule has 0 spiro atoms. The van der Waals surface area contributed by atoms with Gasteiger partial charge in [-0.2, -0.15) is 0 Å². The summed E-state index contributed by atoms with van der Waals surface area (Å²) < 4.78 is 0. The largest absolute Gasteiger partial charge is 0.393 e. The van der Waals surface area contributed by atoms with Crippen molar-refractivity contribution < 1.29 is 10.2 Å². The third kappa shape index (κ3) is 4.65. The molecule has 0 amide bonds. The maximum atomic E-state index is 10.1. The summed E-state index contributed by atoms with van der Waals surface area (Å²) in [5, 5.41) is 20.2. The molecule has 3 saturated carbocycles. The molecule has 0 bridgehead atoms. The molecule has 3 fully saturated rings. The first-order valence-corrected chi connectivity index (χ1v) is 11.8. The van der Waals surface area contributed by atoms with Gasteiger partial charge in [-0.1, -0.05) is 51.5 Å². The molecule has 5 atom stereocenters. The highest BCUT2D eigenvalue weighted by atomic mass is 16.3. The molecule has 158 valence electrons. The molecule has 2 nitrogen and oxygen atoms in total. The minimum atomic E-state index is -0.341. The van der Waals surface area contributed by atoms with Crippen LogP contribution < -0.4 is 0 Å².